The molecule has 2 aromatic heterocycles. The van der Waals surface area contributed by atoms with Gasteiger partial charge in [-0.3, -0.25) is 4.79 Å². The predicted octanol–water partition coefficient (Wildman–Crippen LogP) is 6.33. The number of benzene rings is 3. The first-order valence-corrected chi connectivity index (χ1v) is 14.0. The van der Waals surface area contributed by atoms with Crippen molar-refractivity contribution in [3.63, 3.8) is 0 Å². The molecule has 208 valence electrons. The molecule has 0 spiro atoms. The summed E-state index contributed by atoms with van der Waals surface area (Å²) in [5.41, 5.74) is 3.34. The lowest BCUT2D eigenvalue weighted by atomic mass is 10.1. The highest BCUT2D eigenvalue weighted by Crippen LogP contribution is 2.31. The molecule has 1 saturated heterocycles. The molecule has 3 aromatic carbocycles. The predicted molar refractivity (Wildman–Crippen MR) is 158 cm³/mol. The van der Waals surface area contributed by atoms with Crippen molar-refractivity contribution in [1.29, 1.82) is 0 Å². The molecule has 0 radical (unpaired) electrons. The second-order valence-corrected chi connectivity index (χ2v) is 10.8. The summed E-state index contributed by atoms with van der Waals surface area (Å²) >= 11 is 12.8. The van der Waals surface area contributed by atoms with Crippen LogP contribution in [0.3, 0.4) is 0 Å². The standard InChI is InChI=1S/C30H26Cl2N6O3/c1-17(27-36-23-10-9-19(31)12-25(23)37-27)35-28-21-13-22(32)20(14-24(21)33-16-34-28)29(39)38-11-5-8-26(38)30(40)41-15-18-6-3-2-4-7-18/h2-4,6-7,9-10,12-14,16-17,26H,5,8,11,15H2,1H3,(H,36,37)(H,33,34,35)/t17-,26+/m1/s1. The van der Waals surface area contributed by atoms with Gasteiger partial charge in [-0.2, -0.15) is 0 Å². The van der Waals surface area contributed by atoms with Crippen molar-refractivity contribution < 1.29 is 14.3 Å². The van der Waals surface area contributed by atoms with Crippen LogP contribution < -0.4 is 5.32 Å². The van der Waals surface area contributed by atoms with Crippen molar-refractivity contribution >= 4 is 62.8 Å². The number of amides is 1. The third kappa shape index (κ3) is 5.55. The topological polar surface area (TPSA) is 113 Å². The molecule has 11 heteroatoms. The maximum absolute atomic E-state index is 13.6. The summed E-state index contributed by atoms with van der Waals surface area (Å²) in [6.07, 6.45) is 2.66. The number of nitrogens with one attached hydrogen (secondary N) is 2. The van der Waals surface area contributed by atoms with Gasteiger partial charge in [-0.05, 0) is 55.7 Å². The van der Waals surface area contributed by atoms with Crippen LogP contribution in [0.25, 0.3) is 21.9 Å². The number of fused-ring (bicyclic) bond motifs is 2. The average molecular weight is 589 g/mol. The van der Waals surface area contributed by atoms with Gasteiger partial charge < -0.3 is 19.9 Å². The van der Waals surface area contributed by atoms with Crippen LogP contribution in [-0.2, 0) is 16.1 Å². The minimum atomic E-state index is -0.667. The molecule has 2 N–H and O–H groups in total. The van der Waals surface area contributed by atoms with Crippen molar-refractivity contribution in [3.05, 3.63) is 94.0 Å². The monoisotopic (exact) mass is 588 g/mol. The van der Waals surface area contributed by atoms with Crippen LogP contribution in [0.5, 0.6) is 0 Å². The molecule has 0 unspecified atom stereocenters. The summed E-state index contributed by atoms with van der Waals surface area (Å²) in [5.74, 6) is 0.502. The van der Waals surface area contributed by atoms with Crippen LogP contribution in [0.1, 0.15) is 47.6 Å². The molecule has 5 aromatic rings. The Kier molecular flexibility index (Phi) is 7.47. The number of carbonyl (C=O) groups is 2. The van der Waals surface area contributed by atoms with Gasteiger partial charge in [-0.25, -0.2) is 19.7 Å². The maximum Gasteiger partial charge on any atom is 0.329 e. The average Bonchev–Trinajstić information content (AvgIpc) is 3.64. The Morgan fingerprint density at radius 2 is 1.93 bits per heavy atom. The molecular weight excluding hydrogens is 563 g/mol. The smallest absolute Gasteiger partial charge is 0.329 e. The number of likely N-dealkylation sites (tertiary alicyclic amines) is 1. The minimum Gasteiger partial charge on any atom is -0.459 e. The van der Waals surface area contributed by atoms with Crippen molar-refractivity contribution in [2.75, 3.05) is 11.9 Å². The number of aromatic nitrogens is 4. The number of nitrogens with zero attached hydrogens (tertiary/aromatic N) is 4. The lowest BCUT2D eigenvalue weighted by Gasteiger charge is -2.24. The fraction of sp³-hybridized carbons (Fsp3) is 0.233. The maximum atomic E-state index is 13.6. The highest BCUT2D eigenvalue weighted by atomic mass is 35.5. The number of imidazole rings is 1. The van der Waals surface area contributed by atoms with Crippen LogP contribution in [0, 0.1) is 0 Å². The second kappa shape index (κ2) is 11.3. The van der Waals surface area contributed by atoms with E-state index < -0.39 is 12.0 Å². The number of hydrogen-bond acceptors (Lipinski definition) is 7. The van der Waals surface area contributed by atoms with E-state index >= 15 is 0 Å². The molecule has 0 aliphatic carbocycles. The Hall–Kier alpha value is -4.21. The Morgan fingerprint density at radius 1 is 1.10 bits per heavy atom. The van der Waals surface area contributed by atoms with Gasteiger partial charge in [0.1, 0.15) is 30.6 Å². The van der Waals surface area contributed by atoms with E-state index in [1.165, 1.54) is 11.2 Å². The minimum absolute atomic E-state index is 0.155. The van der Waals surface area contributed by atoms with Crippen LogP contribution >= 0.6 is 23.2 Å². The Balaban J connectivity index is 1.21. The van der Waals surface area contributed by atoms with Gasteiger partial charge in [0.15, 0.2) is 0 Å². The number of halogens is 2. The van der Waals surface area contributed by atoms with Crippen molar-refractivity contribution in [2.24, 2.45) is 0 Å². The van der Waals surface area contributed by atoms with Gasteiger partial charge in [-0.1, -0.05) is 53.5 Å². The zero-order valence-corrected chi connectivity index (χ0v) is 23.6. The van der Waals surface area contributed by atoms with E-state index in [1.54, 1.807) is 18.2 Å². The number of H-pyrrole nitrogens is 1. The van der Waals surface area contributed by atoms with Gasteiger partial charge in [-0.15, -0.1) is 0 Å². The molecule has 2 atom stereocenters. The molecule has 3 heterocycles. The van der Waals surface area contributed by atoms with Crippen molar-refractivity contribution in [3.8, 4) is 0 Å². The number of aromatic amines is 1. The summed E-state index contributed by atoms with van der Waals surface area (Å²) in [7, 11) is 0. The molecule has 9 nitrogen and oxygen atoms in total. The zero-order valence-electron chi connectivity index (χ0n) is 22.1. The van der Waals surface area contributed by atoms with Gasteiger partial charge >= 0.3 is 5.97 Å². The number of ether oxygens (including phenoxy) is 1. The highest BCUT2D eigenvalue weighted by molar-refractivity contribution is 6.35. The fourth-order valence-corrected chi connectivity index (χ4v) is 5.49. The van der Waals surface area contributed by atoms with E-state index in [1.807, 2.05) is 49.4 Å². The Bertz CT molecular complexity index is 1760. The Labute approximate surface area is 245 Å². The molecule has 0 bridgehead atoms. The number of esters is 1. The summed E-state index contributed by atoms with van der Waals surface area (Å²) in [6.45, 7) is 2.55. The summed E-state index contributed by atoms with van der Waals surface area (Å²) in [4.78, 5) is 44.8. The van der Waals surface area contributed by atoms with E-state index in [0.717, 1.165) is 16.6 Å². The molecule has 41 heavy (non-hydrogen) atoms. The third-order valence-corrected chi connectivity index (χ3v) is 7.74. The molecule has 1 fully saturated rings. The van der Waals surface area contributed by atoms with E-state index in [0.29, 0.717) is 47.0 Å². The quantitative estimate of drug-likeness (QED) is 0.213. The zero-order chi connectivity index (χ0) is 28.5. The summed E-state index contributed by atoms with van der Waals surface area (Å²) in [6, 6.07) is 17.3. The van der Waals surface area contributed by atoms with Crippen molar-refractivity contribution in [1.82, 2.24) is 24.8 Å². The highest BCUT2D eigenvalue weighted by Gasteiger charge is 2.36. The normalized spacial score (nSPS) is 15.8. The molecule has 0 saturated carbocycles. The first kappa shape index (κ1) is 27.0. The summed E-state index contributed by atoms with van der Waals surface area (Å²) < 4.78 is 5.53. The van der Waals surface area contributed by atoms with Gasteiger partial charge in [0.2, 0.25) is 0 Å². The van der Waals surface area contributed by atoms with Crippen molar-refractivity contribution in [2.45, 2.75) is 38.5 Å². The number of hydrogen-bond donors (Lipinski definition) is 2. The second-order valence-electron chi connectivity index (χ2n) is 9.97. The lowest BCUT2D eigenvalue weighted by Crippen LogP contribution is -2.41. The summed E-state index contributed by atoms with van der Waals surface area (Å²) in [5, 5.41) is 4.89. The molecular formula is C30H26Cl2N6O3. The molecule has 6 rings (SSSR count). The van der Waals surface area contributed by atoms with E-state index in [-0.39, 0.29) is 29.1 Å². The number of anilines is 1. The van der Waals surface area contributed by atoms with Crippen LogP contribution in [0.2, 0.25) is 10.0 Å². The van der Waals surface area contributed by atoms with E-state index in [4.69, 9.17) is 27.9 Å². The van der Waals surface area contributed by atoms with Gasteiger partial charge in [0.05, 0.1) is 33.2 Å². The van der Waals surface area contributed by atoms with Gasteiger partial charge in [0.25, 0.3) is 5.91 Å². The van der Waals surface area contributed by atoms with Crippen LogP contribution in [0.4, 0.5) is 5.82 Å². The third-order valence-electron chi connectivity index (χ3n) is 7.19. The largest absolute Gasteiger partial charge is 0.459 e. The Morgan fingerprint density at radius 3 is 2.76 bits per heavy atom. The molecule has 1 aliphatic rings. The number of rotatable bonds is 7. The molecule has 1 aliphatic heterocycles. The SMILES string of the molecule is C[C@@H](Nc1ncnc2cc(C(=O)N3CCC[C@H]3C(=O)OCc3ccccc3)c(Cl)cc12)c1nc2ccc(Cl)cc2[nH]1. The van der Waals surface area contributed by atoms with Gasteiger partial charge in [0, 0.05) is 17.0 Å². The van der Waals surface area contributed by atoms with Crippen LogP contribution in [-0.4, -0.2) is 49.3 Å². The van der Waals surface area contributed by atoms with E-state index in [2.05, 4.69) is 25.3 Å². The van der Waals surface area contributed by atoms with E-state index in [9.17, 15) is 9.59 Å². The first-order chi connectivity index (χ1) is 19.9. The number of carbonyl (C=O) groups excluding carboxylic acids is 2. The fourth-order valence-electron chi connectivity index (χ4n) is 5.07. The first-order valence-electron chi connectivity index (χ1n) is 13.2. The lowest BCUT2D eigenvalue weighted by molar-refractivity contribution is -0.149. The van der Waals surface area contributed by atoms with Crippen LogP contribution in [0.15, 0.2) is 67.0 Å². The molecule has 1 amide bonds.